The molecule has 0 saturated carbocycles. The lowest BCUT2D eigenvalue weighted by Crippen LogP contribution is -2.53. The van der Waals surface area contributed by atoms with Gasteiger partial charge in [-0.15, -0.1) is 0 Å². The summed E-state index contributed by atoms with van der Waals surface area (Å²) in [6.45, 7) is 7.87. The Balaban J connectivity index is 1.40. The van der Waals surface area contributed by atoms with E-state index < -0.39 is 10.0 Å². The summed E-state index contributed by atoms with van der Waals surface area (Å²) in [5, 5.41) is 1.02. The molecule has 3 heterocycles. The highest BCUT2D eigenvalue weighted by Gasteiger charge is 2.34. The zero-order valence-corrected chi connectivity index (χ0v) is 18.9. The van der Waals surface area contributed by atoms with Crippen molar-refractivity contribution in [3.63, 3.8) is 0 Å². The molecule has 158 valence electrons. The van der Waals surface area contributed by atoms with E-state index in [0.717, 1.165) is 36.6 Å². The molecule has 4 rings (SSSR count). The molecule has 2 aliphatic rings. The molecule has 2 fully saturated rings. The van der Waals surface area contributed by atoms with Gasteiger partial charge in [-0.3, -0.25) is 4.79 Å². The molecule has 0 spiro atoms. The number of piperazine rings is 1. The third-order valence-corrected chi connectivity index (χ3v) is 8.41. The average Bonchev–Trinajstić information content (AvgIpc) is 3.11. The summed E-state index contributed by atoms with van der Waals surface area (Å²) in [5.74, 6) is -0.133. The van der Waals surface area contributed by atoms with E-state index in [1.165, 1.54) is 26.4 Å². The van der Waals surface area contributed by atoms with Crippen molar-refractivity contribution in [2.75, 3.05) is 50.4 Å². The Morgan fingerprint density at radius 1 is 1.14 bits per heavy atom. The molecule has 0 unspecified atom stereocenters. The van der Waals surface area contributed by atoms with Crippen LogP contribution in [0.3, 0.4) is 0 Å². The predicted octanol–water partition coefficient (Wildman–Crippen LogP) is 2.23. The fourth-order valence-electron chi connectivity index (χ4n) is 4.32. The molecular weight excluding hydrogens is 408 g/mol. The van der Waals surface area contributed by atoms with Crippen LogP contribution >= 0.6 is 11.3 Å². The third kappa shape index (κ3) is 4.27. The van der Waals surface area contributed by atoms with Gasteiger partial charge in [0, 0.05) is 39.3 Å². The second kappa shape index (κ2) is 7.85. The summed E-state index contributed by atoms with van der Waals surface area (Å²) < 4.78 is 26.4. The Morgan fingerprint density at radius 3 is 2.55 bits per heavy atom. The van der Waals surface area contributed by atoms with E-state index in [4.69, 9.17) is 4.98 Å². The minimum atomic E-state index is -3.24. The van der Waals surface area contributed by atoms with Crippen LogP contribution in [-0.4, -0.2) is 74.0 Å². The number of thiazole rings is 1. The van der Waals surface area contributed by atoms with Crippen LogP contribution in [-0.2, 0) is 14.8 Å². The Morgan fingerprint density at radius 2 is 1.86 bits per heavy atom. The van der Waals surface area contributed by atoms with Crippen LogP contribution in [0.5, 0.6) is 0 Å². The molecular formula is C20H28N4O3S2. The minimum Gasteiger partial charge on any atom is -0.345 e. The number of hydrogen-bond acceptors (Lipinski definition) is 6. The number of fused-ring (bicyclic) bond motifs is 1. The van der Waals surface area contributed by atoms with Gasteiger partial charge in [0.05, 0.1) is 22.4 Å². The average molecular weight is 437 g/mol. The van der Waals surface area contributed by atoms with Crippen LogP contribution in [0.1, 0.15) is 24.0 Å². The monoisotopic (exact) mass is 436 g/mol. The first-order chi connectivity index (χ1) is 13.7. The van der Waals surface area contributed by atoms with E-state index in [1.807, 2.05) is 4.90 Å². The molecule has 2 aromatic rings. The molecule has 2 saturated heterocycles. The number of carbonyl (C=O) groups is 1. The predicted molar refractivity (Wildman–Crippen MR) is 117 cm³/mol. The number of piperidine rings is 1. The number of anilines is 1. The number of aromatic nitrogens is 1. The van der Waals surface area contributed by atoms with Gasteiger partial charge in [0.2, 0.25) is 15.9 Å². The number of amides is 1. The van der Waals surface area contributed by atoms with Crippen molar-refractivity contribution in [3.8, 4) is 0 Å². The van der Waals surface area contributed by atoms with Crippen LogP contribution in [0.15, 0.2) is 12.1 Å². The summed E-state index contributed by atoms with van der Waals surface area (Å²) in [6, 6.07) is 4.31. The van der Waals surface area contributed by atoms with E-state index in [9.17, 15) is 13.2 Å². The topological polar surface area (TPSA) is 73.8 Å². The Bertz CT molecular complexity index is 1030. The largest absolute Gasteiger partial charge is 0.345 e. The third-order valence-electron chi connectivity index (χ3n) is 5.87. The Kier molecular flexibility index (Phi) is 5.56. The first-order valence-corrected chi connectivity index (χ1v) is 12.8. The van der Waals surface area contributed by atoms with Crippen molar-refractivity contribution in [1.29, 1.82) is 0 Å². The molecule has 0 radical (unpaired) electrons. The summed E-state index contributed by atoms with van der Waals surface area (Å²) >= 11 is 1.72. The van der Waals surface area contributed by atoms with E-state index in [1.54, 1.807) is 11.3 Å². The van der Waals surface area contributed by atoms with Crippen molar-refractivity contribution in [1.82, 2.24) is 14.2 Å². The highest BCUT2D eigenvalue weighted by atomic mass is 32.2. The Hall–Kier alpha value is -1.71. The van der Waals surface area contributed by atoms with E-state index >= 15 is 0 Å². The molecule has 7 nitrogen and oxygen atoms in total. The SMILES string of the molecule is Cc1cc(C)c2sc(N3CCN(C(=O)[C@H]4CCCN(S(C)(=O)=O)C4)CC3)nc2c1. The zero-order chi connectivity index (χ0) is 20.8. The van der Waals surface area contributed by atoms with Gasteiger partial charge in [-0.25, -0.2) is 17.7 Å². The van der Waals surface area contributed by atoms with Crippen molar-refractivity contribution in [3.05, 3.63) is 23.3 Å². The fourth-order valence-corrected chi connectivity index (χ4v) is 6.30. The molecule has 2 aliphatic heterocycles. The summed E-state index contributed by atoms with van der Waals surface area (Å²) in [5.41, 5.74) is 3.52. The van der Waals surface area contributed by atoms with Crippen molar-refractivity contribution < 1.29 is 13.2 Å². The second-order valence-corrected chi connectivity index (χ2v) is 11.2. The van der Waals surface area contributed by atoms with Gasteiger partial charge in [-0.1, -0.05) is 17.4 Å². The molecule has 1 atom stereocenters. The fraction of sp³-hybridized carbons (Fsp3) is 0.600. The van der Waals surface area contributed by atoms with Crippen LogP contribution in [0, 0.1) is 19.8 Å². The lowest BCUT2D eigenvalue weighted by molar-refractivity contribution is -0.137. The van der Waals surface area contributed by atoms with Crippen LogP contribution < -0.4 is 4.90 Å². The normalized spacial score (nSPS) is 21.7. The summed E-state index contributed by atoms with van der Waals surface area (Å²) in [7, 11) is -3.24. The van der Waals surface area contributed by atoms with Crippen LogP contribution in [0.2, 0.25) is 0 Å². The van der Waals surface area contributed by atoms with E-state index in [0.29, 0.717) is 26.2 Å². The minimum absolute atomic E-state index is 0.0915. The molecule has 0 N–H and O–H groups in total. The van der Waals surface area contributed by atoms with Gasteiger partial charge < -0.3 is 9.80 Å². The van der Waals surface area contributed by atoms with E-state index in [2.05, 4.69) is 30.9 Å². The molecule has 1 aromatic heterocycles. The number of nitrogens with zero attached hydrogens (tertiary/aromatic N) is 4. The highest BCUT2D eigenvalue weighted by molar-refractivity contribution is 7.88. The maximum Gasteiger partial charge on any atom is 0.227 e. The van der Waals surface area contributed by atoms with Crippen LogP contribution in [0.25, 0.3) is 10.2 Å². The lowest BCUT2D eigenvalue weighted by atomic mass is 9.98. The van der Waals surface area contributed by atoms with Gasteiger partial charge in [0.25, 0.3) is 0 Å². The van der Waals surface area contributed by atoms with Crippen molar-refractivity contribution >= 4 is 42.6 Å². The quantitative estimate of drug-likeness (QED) is 0.738. The first kappa shape index (κ1) is 20.6. The van der Waals surface area contributed by atoms with E-state index in [-0.39, 0.29) is 11.8 Å². The summed E-state index contributed by atoms with van der Waals surface area (Å²) in [4.78, 5) is 21.9. The summed E-state index contributed by atoms with van der Waals surface area (Å²) in [6.07, 6.45) is 2.73. The maximum atomic E-state index is 13.0. The molecule has 0 aliphatic carbocycles. The van der Waals surface area contributed by atoms with Crippen molar-refractivity contribution in [2.24, 2.45) is 5.92 Å². The Labute approximate surface area is 176 Å². The smallest absolute Gasteiger partial charge is 0.227 e. The standard InChI is InChI=1S/C20H28N4O3S2/c1-14-11-15(2)18-17(12-14)21-20(28-18)23-9-7-22(8-10-23)19(25)16-5-4-6-24(13-16)29(3,26)27/h11-12,16H,4-10,13H2,1-3H3/t16-/m0/s1. The van der Waals surface area contributed by atoms with Crippen molar-refractivity contribution in [2.45, 2.75) is 26.7 Å². The number of benzene rings is 1. The molecule has 1 aromatic carbocycles. The number of sulfonamides is 1. The number of hydrogen-bond donors (Lipinski definition) is 0. The molecule has 0 bridgehead atoms. The van der Waals surface area contributed by atoms with Gasteiger partial charge in [-0.2, -0.15) is 0 Å². The molecule has 1 amide bonds. The molecule has 29 heavy (non-hydrogen) atoms. The first-order valence-electron chi connectivity index (χ1n) is 10.1. The lowest BCUT2D eigenvalue weighted by Gasteiger charge is -2.38. The van der Waals surface area contributed by atoms with Gasteiger partial charge in [0.15, 0.2) is 5.13 Å². The van der Waals surface area contributed by atoms with Gasteiger partial charge >= 0.3 is 0 Å². The van der Waals surface area contributed by atoms with Gasteiger partial charge in [-0.05, 0) is 43.9 Å². The van der Waals surface area contributed by atoms with Gasteiger partial charge in [0.1, 0.15) is 0 Å². The highest BCUT2D eigenvalue weighted by Crippen LogP contribution is 2.32. The van der Waals surface area contributed by atoms with Crippen LogP contribution in [0.4, 0.5) is 5.13 Å². The molecule has 9 heteroatoms. The number of carbonyl (C=O) groups excluding carboxylic acids is 1. The maximum absolute atomic E-state index is 13.0. The second-order valence-electron chi connectivity index (χ2n) is 8.20. The zero-order valence-electron chi connectivity index (χ0n) is 17.2. The number of aryl methyl sites for hydroxylation is 2. The number of rotatable bonds is 3.